The molecule has 44 heavy (non-hydrogen) atoms. The number of aliphatic hydroxyl groups excluding tert-OH is 1. The summed E-state index contributed by atoms with van der Waals surface area (Å²) in [4.78, 5) is 24.1. The maximum Gasteiger partial charge on any atom is 0.306 e. The first-order valence-electron chi connectivity index (χ1n) is 17.5. The molecule has 0 aliphatic rings. The molecule has 5 nitrogen and oxygen atoms in total. The molecule has 250 valence electrons. The van der Waals surface area contributed by atoms with E-state index in [1.165, 1.54) is 51.4 Å². The molecule has 0 fully saturated rings. The summed E-state index contributed by atoms with van der Waals surface area (Å²) in [5, 5.41) is 9.50. The fourth-order valence-electron chi connectivity index (χ4n) is 4.40. The highest BCUT2D eigenvalue weighted by molar-refractivity contribution is 5.70. The van der Waals surface area contributed by atoms with Gasteiger partial charge in [-0.3, -0.25) is 9.59 Å². The van der Waals surface area contributed by atoms with E-state index >= 15 is 0 Å². The Hall–Kier alpha value is -2.66. The van der Waals surface area contributed by atoms with E-state index in [1.807, 2.05) is 12.2 Å². The van der Waals surface area contributed by atoms with Crippen LogP contribution in [0.3, 0.4) is 0 Å². The Kier molecular flexibility index (Phi) is 32.7. The van der Waals surface area contributed by atoms with Crippen LogP contribution in [0.15, 0.2) is 72.9 Å². The van der Waals surface area contributed by atoms with Crippen LogP contribution >= 0.6 is 0 Å². The van der Waals surface area contributed by atoms with Gasteiger partial charge >= 0.3 is 11.9 Å². The molecule has 1 N–H and O–H groups in total. The zero-order valence-corrected chi connectivity index (χ0v) is 28.1. The quantitative estimate of drug-likeness (QED) is 0.0496. The third-order valence-corrected chi connectivity index (χ3v) is 7.03. The number of hydrogen-bond donors (Lipinski definition) is 1. The predicted molar refractivity (Wildman–Crippen MR) is 186 cm³/mol. The molecule has 1 atom stereocenters. The minimum Gasteiger partial charge on any atom is -0.462 e. The summed E-state index contributed by atoms with van der Waals surface area (Å²) in [7, 11) is 0. The third-order valence-electron chi connectivity index (χ3n) is 7.03. The van der Waals surface area contributed by atoms with Gasteiger partial charge in [-0.2, -0.15) is 0 Å². The second-order valence-electron chi connectivity index (χ2n) is 11.2. The van der Waals surface area contributed by atoms with Gasteiger partial charge in [0.05, 0.1) is 6.61 Å². The molecular formula is C39H64O5. The molecule has 0 aromatic heterocycles. The fourth-order valence-corrected chi connectivity index (χ4v) is 4.40. The highest BCUT2D eigenvalue weighted by Crippen LogP contribution is 2.12. The molecule has 0 aliphatic heterocycles. The molecule has 0 saturated heterocycles. The van der Waals surface area contributed by atoms with Gasteiger partial charge in [0.25, 0.3) is 0 Å². The summed E-state index contributed by atoms with van der Waals surface area (Å²) in [6, 6.07) is 0. The number of allylic oxidation sites excluding steroid dienone is 12. The summed E-state index contributed by atoms with van der Waals surface area (Å²) >= 11 is 0. The molecule has 0 saturated carbocycles. The Balaban J connectivity index is 3.75. The number of carbonyl (C=O) groups is 2. The summed E-state index contributed by atoms with van der Waals surface area (Å²) < 4.78 is 10.5. The van der Waals surface area contributed by atoms with Crippen molar-refractivity contribution in [2.24, 2.45) is 0 Å². The number of unbranched alkanes of at least 4 members (excludes halogenated alkanes) is 10. The summed E-state index contributed by atoms with van der Waals surface area (Å²) in [5.41, 5.74) is 0. The second-order valence-corrected chi connectivity index (χ2v) is 11.2. The van der Waals surface area contributed by atoms with Gasteiger partial charge in [0.1, 0.15) is 6.61 Å². The Labute approximate surface area is 270 Å². The van der Waals surface area contributed by atoms with Crippen LogP contribution < -0.4 is 0 Å². The standard InChI is InChI=1S/C39H64O5/c1-3-5-7-9-11-13-15-16-17-18-19-20-21-22-24-25-27-29-31-33-38(41)43-36-37(35-40)44-39(42)34-32-30-28-26-23-14-12-10-8-6-4-2/h5,7,11,13,16-17,19-20,22,24,27,29,37,40H,3-4,6,8-10,12,14-15,18,21,23,25-26,28,30-36H2,1-2H3/b7-5+,13-11+,17-16+,20-19+,24-22+,29-27+/t37-/m0/s1. The highest BCUT2D eigenvalue weighted by Gasteiger charge is 2.15. The van der Waals surface area contributed by atoms with Crippen LogP contribution in [0.25, 0.3) is 0 Å². The minimum atomic E-state index is -0.801. The molecule has 5 heteroatoms. The van der Waals surface area contributed by atoms with Crippen LogP contribution in [0.5, 0.6) is 0 Å². The first-order chi connectivity index (χ1) is 21.6. The van der Waals surface area contributed by atoms with Crippen molar-refractivity contribution in [3.8, 4) is 0 Å². The number of aliphatic hydroxyl groups is 1. The van der Waals surface area contributed by atoms with Gasteiger partial charge in [-0.1, -0.05) is 151 Å². The second kappa shape index (κ2) is 34.8. The van der Waals surface area contributed by atoms with E-state index in [9.17, 15) is 14.7 Å². The molecule has 0 amide bonds. The lowest BCUT2D eigenvalue weighted by molar-refractivity contribution is -0.161. The molecule has 0 heterocycles. The monoisotopic (exact) mass is 612 g/mol. The topological polar surface area (TPSA) is 72.8 Å². The Morgan fingerprint density at radius 1 is 0.545 bits per heavy atom. The van der Waals surface area contributed by atoms with Crippen LogP contribution in [0.1, 0.15) is 142 Å². The molecule has 0 radical (unpaired) electrons. The van der Waals surface area contributed by atoms with E-state index in [-0.39, 0.29) is 31.6 Å². The Morgan fingerprint density at radius 2 is 0.977 bits per heavy atom. The fraction of sp³-hybridized carbons (Fsp3) is 0.641. The van der Waals surface area contributed by atoms with Crippen molar-refractivity contribution in [2.75, 3.05) is 13.2 Å². The molecule has 0 aromatic carbocycles. The summed E-state index contributed by atoms with van der Waals surface area (Å²) in [5.74, 6) is -0.696. The SMILES string of the molecule is CC/C=C/C/C=C/C/C=C/C/C=C/C/C=C/C/C=C/CCC(=O)OC[C@H](CO)OC(=O)CCCCCCCCCCCCC. The van der Waals surface area contributed by atoms with E-state index in [4.69, 9.17) is 9.47 Å². The Morgan fingerprint density at radius 3 is 1.43 bits per heavy atom. The predicted octanol–water partition coefficient (Wildman–Crippen LogP) is 10.6. The van der Waals surface area contributed by atoms with Crippen LogP contribution in [0.2, 0.25) is 0 Å². The van der Waals surface area contributed by atoms with Crippen molar-refractivity contribution in [1.29, 1.82) is 0 Å². The van der Waals surface area contributed by atoms with Gasteiger partial charge < -0.3 is 14.6 Å². The van der Waals surface area contributed by atoms with Gasteiger partial charge in [-0.15, -0.1) is 0 Å². The Bertz CT molecular complexity index is 833. The lowest BCUT2D eigenvalue weighted by atomic mass is 10.1. The summed E-state index contributed by atoms with van der Waals surface area (Å²) in [6.07, 6.45) is 45.4. The van der Waals surface area contributed by atoms with E-state index < -0.39 is 6.10 Å². The molecule has 0 aromatic rings. The molecule has 0 unspecified atom stereocenters. The third kappa shape index (κ3) is 32.3. The van der Waals surface area contributed by atoms with Gasteiger partial charge in [0, 0.05) is 12.8 Å². The van der Waals surface area contributed by atoms with Crippen LogP contribution in [0, 0.1) is 0 Å². The van der Waals surface area contributed by atoms with Crippen molar-refractivity contribution >= 4 is 11.9 Å². The van der Waals surface area contributed by atoms with Crippen LogP contribution in [-0.4, -0.2) is 36.4 Å². The van der Waals surface area contributed by atoms with E-state index in [0.29, 0.717) is 12.8 Å². The first kappa shape index (κ1) is 41.3. The van der Waals surface area contributed by atoms with Crippen molar-refractivity contribution < 1.29 is 24.2 Å². The lowest BCUT2D eigenvalue weighted by Gasteiger charge is -2.15. The molecular weight excluding hydrogens is 548 g/mol. The van der Waals surface area contributed by atoms with Crippen LogP contribution in [-0.2, 0) is 19.1 Å². The van der Waals surface area contributed by atoms with Gasteiger partial charge in [-0.25, -0.2) is 0 Å². The maximum absolute atomic E-state index is 12.1. The van der Waals surface area contributed by atoms with Crippen molar-refractivity contribution in [3.63, 3.8) is 0 Å². The maximum atomic E-state index is 12.1. The highest BCUT2D eigenvalue weighted by atomic mass is 16.6. The molecule has 0 aliphatic carbocycles. The van der Waals surface area contributed by atoms with E-state index in [0.717, 1.165) is 57.8 Å². The van der Waals surface area contributed by atoms with Gasteiger partial charge in [-0.05, 0) is 51.4 Å². The number of hydrogen-bond acceptors (Lipinski definition) is 5. The average Bonchev–Trinajstić information content (AvgIpc) is 3.02. The van der Waals surface area contributed by atoms with Crippen LogP contribution in [0.4, 0.5) is 0 Å². The number of esters is 2. The van der Waals surface area contributed by atoms with Crippen molar-refractivity contribution in [2.45, 2.75) is 148 Å². The van der Waals surface area contributed by atoms with E-state index in [2.05, 4.69) is 74.6 Å². The zero-order valence-electron chi connectivity index (χ0n) is 28.1. The number of carbonyl (C=O) groups excluding carboxylic acids is 2. The number of rotatable bonds is 30. The lowest BCUT2D eigenvalue weighted by Crippen LogP contribution is -2.28. The zero-order chi connectivity index (χ0) is 32.2. The average molecular weight is 613 g/mol. The van der Waals surface area contributed by atoms with Crippen molar-refractivity contribution in [1.82, 2.24) is 0 Å². The number of ether oxygens (including phenoxy) is 2. The largest absolute Gasteiger partial charge is 0.462 e. The molecule has 0 bridgehead atoms. The summed E-state index contributed by atoms with van der Waals surface area (Å²) in [6.45, 7) is 3.92. The van der Waals surface area contributed by atoms with Crippen molar-refractivity contribution in [3.05, 3.63) is 72.9 Å². The molecule has 0 rings (SSSR count). The van der Waals surface area contributed by atoms with Gasteiger partial charge in [0.2, 0.25) is 0 Å². The normalized spacial score (nSPS) is 13.1. The molecule has 0 spiro atoms. The minimum absolute atomic E-state index is 0.108. The van der Waals surface area contributed by atoms with E-state index in [1.54, 1.807) is 0 Å². The van der Waals surface area contributed by atoms with Gasteiger partial charge in [0.15, 0.2) is 6.10 Å². The first-order valence-corrected chi connectivity index (χ1v) is 17.5. The smallest absolute Gasteiger partial charge is 0.306 e.